The Morgan fingerprint density at radius 2 is 1.96 bits per heavy atom. The Bertz CT molecular complexity index is 766. The molecule has 0 aliphatic carbocycles. The van der Waals surface area contributed by atoms with E-state index in [1.807, 2.05) is 18.9 Å². The van der Waals surface area contributed by atoms with Crippen molar-refractivity contribution < 1.29 is 9.18 Å². The Hall–Kier alpha value is -1.17. The maximum Gasteiger partial charge on any atom is 0.264 e. The third kappa shape index (κ3) is 2.93. The highest BCUT2D eigenvalue weighted by Gasteiger charge is 2.37. The fourth-order valence-corrected chi connectivity index (χ4v) is 5.24. The number of thiophene rings is 1. The van der Waals surface area contributed by atoms with E-state index in [0.717, 1.165) is 33.4 Å². The van der Waals surface area contributed by atoms with Crippen molar-refractivity contribution in [2.24, 2.45) is 0 Å². The van der Waals surface area contributed by atoms with Gasteiger partial charge in [0.25, 0.3) is 5.91 Å². The standard InChI is InChI=1S/C18H21FN2OS.ClH/c1-10-15-7-11(19)3-6-16(15)23-17(10)18(22)21(2)14-8-12-4-5-13(9-14)20-12;/h3,6-7,12-14,20H,4-5,8-9H2,1-2H3;1H. The van der Waals surface area contributed by atoms with Crippen LogP contribution in [0.4, 0.5) is 4.39 Å². The number of hydrogen-bond acceptors (Lipinski definition) is 3. The molecule has 2 unspecified atom stereocenters. The van der Waals surface area contributed by atoms with Crippen LogP contribution in [-0.4, -0.2) is 36.0 Å². The summed E-state index contributed by atoms with van der Waals surface area (Å²) in [6.45, 7) is 1.92. The first-order valence-electron chi connectivity index (χ1n) is 8.25. The number of piperidine rings is 1. The molecule has 2 aliphatic heterocycles. The van der Waals surface area contributed by atoms with Crippen molar-refractivity contribution in [2.45, 2.75) is 50.7 Å². The zero-order valence-corrected chi connectivity index (χ0v) is 15.5. The van der Waals surface area contributed by atoms with Gasteiger partial charge in [0.2, 0.25) is 0 Å². The molecule has 2 saturated heterocycles. The maximum absolute atomic E-state index is 13.5. The molecule has 3 nitrogen and oxygen atoms in total. The number of nitrogens with zero attached hydrogens (tertiary/aromatic N) is 1. The molecule has 0 saturated carbocycles. The lowest BCUT2D eigenvalue weighted by Crippen LogP contribution is -2.48. The van der Waals surface area contributed by atoms with E-state index in [2.05, 4.69) is 5.32 Å². The van der Waals surface area contributed by atoms with E-state index in [1.54, 1.807) is 6.07 Å². The molecule has 4 rings (SSSR count). The second-order valence-corrected chi connectivity index (χ2v) is 7.93. The normalized spacial score (nSPS) is 25.5. The average molecular weight is 369 g/mol. The van der Waals surface area contributed by atoms with Crippen LogP contribution in [-0.2, 0) is 0 Å². The molecule has 1 aromatic carbocycles. The molecule has 2 aliphatic rings. The highest BCUT2D eigenvalue weighted by atomic mass is 35.5. The number of amides is 1. The molecule has 24 heavy (non-hydrogen) atoms. The van der Waals surface area contributed by atoms with Crippen LogP contribution in [0.5, 0.6) is 0 Å². The molecule has 2 atom stereocenters. The topological polar surface area (TPSA) is 32.3 Å². The molecule has 6 heteroatoms. The van der Waals surface area contributed by atoms with Crippen LogP contribution >= 0.6 is 23.7 Å². The monoisotopic (exact) mass is 368 g/mol. The van der Waals surface area contributed by atoms with E-state index in [0.29, 0.717) is 18.1 Å². The van der Waals surface area contributed by atoms with Crippen LogP contribution in [0.2, 0.25) is 0 Å². The minimum Gasteiger partial charge on any atom is -0.338 e. The number of fused-ring (bicyclic) bond motifs is 3. The molecular formula is C18H22ClFN2OS. The molecule has 130 valence electrons. The molecule has 1 amide bonds. The van der Waals surface area contributed by atoms with Crippen LogP contribution in [0.15, 0.2) is 18.2 Å². The number of carbonyl (C=O) groups is 1. The van der Waals surface area contributed by atoms with Gasteiger partial charge in [-0.05, 0) is 61.8 Å². The second-order valence-electron chi connectivity index (χ2n) is 6.88. The number of benzene rings is 1. The predicted molar refractivity (Wildman–Crippen MR) is 98.8 cm³/mol. The fraction of sp³-hybridized carbons (Fsp3) is 0.500. The van der Waals surface area contributed by atoms with Crippen molar-refractivity contribution in [1.82, 2.24) is 10.2 Å². The molecule has 2 fully saturated rings. The molecule has 0 radical (unpaired) electrons. The number of aryl methyl sites for hydroxylation is 1. The average Bonchev–Trinajstić information content (AvgIpc) is 3.05. The molecule has 1 N–H and O–H groups in total. The number of halogens is 2. The number of carbonyl (C=O) groups excluding carboxylic acids is 1. The van der Waals surface area contributed by atoms with Crippen molar-refractivity contribution in [2.75, 3.05) is 7.05 Å². The number of rotatable bonds is 2. The molecular weight excluding hydrogens is 347 g/mol. The lowest BCUT2D eigenvalue weighted by atomic mass is 9.98. The van der Waals surface area contributed by atoms with Crippen LogP contribution < -0.4 is 5.32 Å². The summed E-state index contributed by atoms with van der Waals surface area (Å²) in [7, 11) is 1.92. The van der Waals surface area contributed by atoms with Crippen LogP contribution in [0.25, 0.3) is 10.1 Å². The van der Waals surface area contributed by atoms with E-state index < -0.39 is 0 Å². The third-order valence-corrected chi connectivity index (χ3v) is 6.67. The predicted octanol–water partition coefficient (Wildman–Crippen LogP) is 4.13. The summed E-state index contributed by atoms with van der Waals surface area (Å²) in [4.78, 5) is 15.6. The zero-order valence-electron chi connectivity index (χ0n) is 13.8. The summed E-state index contributed by atoms with van der Waals surface area (Å²) in [6.07, 6.45) is 4.53. The Kier molecular flexibility index (Phi) is 4.87. The summed E-state index contributed by atoms with van der Waals surface area (Å²) in [5.74, 6) is -0.170. The third-order valence-electron chi connectivity index (χ3n) is 5.41. The van der Waals surface area contributed by atoms with Gasteiger partial charge in [-0.2, -0.15) is 0 Å². The summed E-state index contributed by atoms with van der Waals surface area (Å²) in [5.41, 5.74) is 0.901. The van der Waals surface area contributed by atoms with Gasteiger partial charge in [-0.25, -0.2) is 4.39 Å². The SMILES string of the molecule is Cc1c(C(=O)N(C)C2CC3CCC(C2)N3)sc2ccc(F)cc12.Cl. The van der Waals surface area contributed by atoms with Crippen molar-refractivity contribution in [3.8, 4) is 0 Å². The van der Waals surface area contributed by atoms with Crippen LogP contribution in [0.3, 0.4) is 0 Å². The largest absolute Gasteiger partial charge is 0.338 e. The molecule has 2 bridgehead atoms. The van der Waals surface area contributed by atoms with Gasteiger partial charge in [0, 0.05) is 29.9 Å². The quantitative estimate of drug-likeness (QED) is 0.864. The summed E-state index contributed by atoms with van der Waals surface area (Å²) in [5, 5.41) is 4.47. The highest BCUT2D eigenvalue weighted by molar-refractivity contribution is 7.21. The van der Waals surface area contributed by atoms with Gasteiger partial charge in [-0.15, -0.1) is 23.7 Å². The lowest BCUT2D eigenvalue weighted by Gasteiger charge is -2.35. The summed E-state index contributed by atoms with van der Waals surface area (Å²) >= 11 is 1.48. The van der Waals surface area contributed by atoms with E-state index >= 15 is 0 Å². The van der Waals surface area contributed by atoms with E-state index in [1.165, 1.54) is 36.3 Å². The van der Waals surface area contributed by atoms with Crippen molar-refractivity contribution >= 4 is 39.7 Å². The van der Waals surface area contributed by atoms with Gasteiger partial charge in [0.1, 0.15) is 5.82 Å². The second kappa shape index (κ2) is 6.62. The van der Waals surface area contributed by atoms with Gasteiger partial charge < -0.3 is 10.2 Å². The minimum absolute atomic E-state index is 0. The van der Waals surface area contributed by atoms with Gasteiger partial charge >= 0.3 is 0 Å². The van der Waals surface area contributed by atoms with Crippen LogP contribution in [0.1, 0.15) is 40.9 Å². The number of nitrogens with one attached hydrogen (secondary N) is 1. The lowest BCUT2D eigenvalue weighted by molar-refractivity contribution is 0.0686. The van der Waals surface area contributed by atoms with Crippen molar-refractivity contribution in [3.05, 3.63) is 34.5 Å². The Balaban J connectivity index is 0.00000169. The molecule has 0 spiro atoms. The van der Waals surface area contributed by atoms with Gasteiger partial charge in [-0.3, -0.25) is 4.79 Å². The molecule has 3 heterocycles. The minimum atomic E-state index is -0.249. The van der Waals surface area contributed by atoms with Gasteiger partial charge in [0.05, 0.1) is 4.88 Å². The summed E-state index contributed by atoms with van der Waals surface area (Å²) in [6, 6.07) is 6.19. The van der Waals surface area contributed by atoms with E-state index in [-0.39, 0.29) is 24.1 Å². The zero-order chi connectivity index (χ0) is 16.1. The van der Waals surface area contributed by atoms with Crippen molar-refractivity contribution in [1.29, 1.82) is 0 Å². The van der Waals surface area contributed by atoms with Crippen LogP contribution in [0, 0.1) is 12.7 Å². The smallest absolute Gasteiger partial charge is 0.264 e. The first kappa shape index (κ1) is 17.6. The maximum atomic E-state index is 13.5. The first-order valence-corrected chi connectivity index (χ1v) is 9.06. The van der Waals surface area contributed by atoms with Gasteiger partial charge in [0.15, 0.2) is 0 Å². The van der Waals surface area contributed by atoms with Gasteiger partial charge in [-0.1, -0.05) is 0 Å². The molecule has 1 aromatic heterocycles. The highest BCUT2D eigenvalue weighted by Crippen LogP contribution is 2.34. The molecule has 2 aromatic rings. The first-order chi connectivity index (χ1) is 11.0. The summed E-state index contributed by atoms with van der Waals surface area (Å²) < 4.78 is 14.4. The Labute approximate surface area is 151 Å². The number of hydrogen-bond donors (Lipinski definition) is 1. The van der Waals surface area contributed by atoms with E-state index in [9.17, 15) is 9.18 Å². The van der Waals surface area contributed by atoms with E-state index in [4.69, 9.17) is 0 Å². The fourth-order valence-electron chi connectivity index (χ4n) is 4.07. The Morgan fingerprint density at radius 3 is 2.62 bits per heavy atom. The Morgan fingerprint density at radius 1 is 1.29 bits per heavy atom. The van der Waals surface area contributed by atoms with Crippen molar-refractivity contribution in [3.63, 3.8) is 0 Å².